The molecule has 0 saturated heterocycles. The molecule has 0 aliphatic heterocycles. The molecule has 1 amide bonds. The Hall–Kier alpha value is -2.23. The van der Waals surface area contributed by atoms with E-state index in [1.54, 1.807) is 0 Å². The number of phenols is 1. The second-order valence-electron chi connectivity index (χ2n) is 10.2. The van der Waals surface area contributed by atoms with Crippen LogP contribution in [0.15, 0.2) is 18.2 Å². The minimum Gasteiger partial charge on any atom is -0.507 e. The van der Waals surface area contributed by atoms with Crippen LogP contribution in [0.1, 0.15) is 101 Å². The second-order valence-corrected chi connectivity index (χ2v) is 10.2. The molecule has 0 radical (unpaired) electrons. The predicted octanol–water partition coefficient (Wildman–Crippen LogP) is 6.22. The SMILES string of the molecule is CCC(CC)n1c(-c2cc(C(C)(C)C)c(O)c(C(C)(C)C)c2)cc(C(N)=O)c1C. The van der Waals surface area contributed by atoms with Crippen molar-refractivity contribution in [3.05, 3.63) is 40.6 Å². The molecule has 0 atom stereocenters. The lowest BCUT2D eigenvalue weighted by Gasteiger charge is -2.29. The summed E-state index contributed by atoms with van der Waals surface area (Å²) in [6.07, 6.45) is 1.93. The standard InChI is InChI=1S/C25H38N2O2/c1-10-17(11-2)27-15(3)18(23(26)29)14-21(27)16-12-19(24(4,5)6)22(28)20(13-16)25(7,8)9/h12-14,17,28H,10-11H2,1-9H3,(H2,26,29). The maximum atomic E-state index is 12.1. The molecule has 0 spiro atoms. The molecule has 2 aromatic rings. The monoisotopic (exact) mass is 398 g/mol. The third-order valence-electron chi connectivity index (χ3n) is 5.89. The highest BCUT2D eigenvalue weighted by Crippen LogP contribution is 2.43. The molecule has 0 aliphatic rings. The smallest absolute Gasteiger partial charge is 0.250 e. The van der Waals surface area contributed by atoms with E-state index in [9.17, 15) is 9.90 Å². The molecule has 29 heavy (non-hydrogen) atoms. The summed E-state index contributed by atoms with van der Waals surface area (Å²) in [7, 11) is 0. The van der Waals surface area contributed by atoms with Crippen LogP contribution in [0.4, 0.5) is 0 Å². The summed E-state index contributed by atoms with van der Waals surface area (Å²) < 4.78 is 2.26. The molecule has 1 aromatic heterocycles. The minimum absolute atomic E-state index is 0.214. The number of carbonyl (C=O) groups excluding carboxylic acids is 1. The van der Waals surface area contributed by atoms with Gasteiger partial charge in [0.1, 0.15) is 5.75 Å². The Morgan fingerprint density at radius 2 is 1.45 bits per heavy atom. The first kappa shape index (κ1) is 23.1. The molecule has 3 N–H and O–H groups in total. The van der Waals surface area contributed by atoms with Gasteiger partial charge in [-0.3, -0.25) is 4.79 Å². The first-order chi connectivity index (χ1) is 13.2. The van der Waals surface area contributed by atoms with Crippen LogP contribution in [-0.2, 0) is 10.8 Å². The normalized spacial score (nSPS) is 12.6. The van der Waals surface area contributed by atoms with Gasteiger partial charge in [0, 0.05) is 28.6 Å². The molecule has 4 heteroatoms. The average molecular weight is 399 g/mol. The molecule has 1 aromatic carbocycles. The van der Waals surface area contributed by atoms with Gasteiger partial charge in [0.2, 0.25) is 0 Å². The van der Waals surface area contributed by atoms with Gasteiger partial charge >= 0.3 is 0 Å². The van der Waals surface area contributed by atoms with Crippen LogP contribution >= 0.6 is 0 Å². The van der Waals surface area contributed by atoms with Crippen LogP contribution in [0.25, 0.3) is 11.3 Å². The number of nitrogens with zero attached hydrogens (tertiary/aromatic N) is 1. The van der Waals surface area contributed by atoms with E-state index >= 15 is 0 Å². The molecule has 0 bridgehead atoms. The maximum absolute atomic E-state index is 12.1. The number of carbonyl (C=O) groups is 1. The number of benzene rings is 1. The van der Waals surface area contributed by atoms with Crippen LogP contribution in [0.3, 0.4) is 0 Å². The third kappa shape index (κ3) is 4.36. The van der Waals surface area contributed by atoms with Gasteiger partial charge in [-0.05, 0) is 54.4 Å². The lowest BCUT2D eigenvalue weighted by Crippen LogP contribution is -2.18. The van der Waals surface area contributed by atoms with Crippen LogP contribution in [0.5, 0.6) is 5.75 Å². The molecule has 4 nitrogen and oxygen atoms in total. The highest BCUT2D eigenvalue weighted by molar-refractivity contribution is 5.95. The van der Waals surface area contributed by atoms with E-state index in [0.29, 0.717) is 11.3 Å². The van der Waals surface area contributed by atoms with E-state index < -0.39 is 5.91 Å². The molecular weight excluding hydrogens is 360 g/mol. The molecule has 1 heterocycles. The van der Waals surface area contributed by atoms with Gasteiger partial charge < -0.3 is 15.4 Å². The lowest BCUT2D eigenvalue weighted by atomic mass is 9.78. The van der Waals surface area contributed by atoms with E-state index in [1.807, 2.05) is 13.0 Å². The molecule has 0 aliphatic carbocycles. The number of phenolic OH excluding ortho intramolecular Hbond substituents is 1. The Kier molecular flexibility index (Phi) is 6.27. The summed E-state index contributed by atoms with van der Waals surface area (Å²) in [4.78, 5) is 12.1. The second kappa shape index (κ2) is 7.89. The predicted molar refractivity (Wildman–Crippen MR) is 122 cm³/mol. The maximum Gasteiger partial charge on any atom is 0.250 e. The van der Waals surface area contributed by atoms with E-state index in [4.69, 9.17) is 5.73 Å². The first-order valence-electron chi connectivity index (χ1n) is 10.6. The third-order valence-corrected chi connectivity index (χ3v) is 5.89. The summed E-state index contributed by atoms with van der Waals surface area (Å²) in [5.74, 6) is -0.0411. The molecular formula is C25H38N2O2. The zero-order valence-corrected chi connectivity index (χ0v) is 19.6. The Bertz CT molecular complexity index is 869. The topological polar surface area (TPSA) is 68.2 Å². The fourth-order valence-corrected chi connectivity index (χ4v) is 4.14. The van der Waals surface area contributed by atoms with E-state index in [2.05, 4.69) is 72.1 Å². The Labute approximate surface area is 176 Å². The molecule has 0 unspecified atom stereocenters. The van der Waals surface area contributed by atoms with Crippen molar-refractivity contribution in [3.63, 3.8) is 0 Å². The van der Waals surface area contributed by atoms with Crippen molar-refractivity contribution in [2.45, 2.75) is 92.0 Å². The van der Waals surface area contributed by atoms with Crippen molar-refractivity contribution in [3.8, 4) is 17.0 Å². The van der Waals surface area contributed by atoms with Gasteiger partial charge in [0.05, 0.1) is 5.56 Å². The van der Waals surface area contributed by atoms with Crippen molar-refractivity contribution >= 4 is 5.91 Å². The zero-order chi connectivity index (χ0) is 22.3. The highest BCUT2D eigenvalue weighted by atomic mass is 16.3. The van der Waals surface area contributed by atoms with E-state index in [1.165, 1.54) is 0 Å². The summed E-state index contributed by atoms with van der Waals surface area (Å²) >= 11 is 0. The first-order valence-corrected chi connectivity index (χ1v) is 10.6. The average Bonchev–Trinajstić information content (AvgIpc) is 2.92. The quantitative estimate of drug-likeness (QED) is 0.627. The van der Waals surface area contributed by atoms with Crippen molar-refractivity contribution < 1.29 is 9.90 Å². The van der Waals surface area contributed by atoms with Crippen LogP contribution in [-0.4, -0.2) is 15.6 Å². The number of aromatic nitrogens is 1. The molecule has 2 rings (SSSR count). The summed E-state index contributed by atoms with van der Waals surface area (Å²) in [6.45, 7) is 19.0. The molecule has 0 saturated carbocycles. The van der Waals surface area contributed by atoms with Crippen LogP contribution in [0, 0.1) is 6.92 Å². The van der Waals surface area contributed by atoms with E-state index in [-0.39, 0.29) is 16.9 Å². The fraction of sp³-hybridized carbons (Fsp3) is 0.560. The molecule has 160 valence electrons. The van der Waals surface area contributed by atoms with Gasteiger partial charge in [-0.2, -0.15) is 0 Å². The largest absolute Gasteiger partial charge is 0.507 e. The number of nitrogens with two attached hydrogens (primary N) is 1. The van der Waals surface area contributed by atoms with Gasteiger partial charge in [0.15, 0.2) is 0 Å². The highest BCUT2D eigenvalue weighted by Gasteiger charge is 2.29. The van der Waals surface area contributed by atoms with Crippen LogP contribution < -0.4 is 5.73 Å². The van der Waals surface area contributed by atoms with Gasteiger partial charge in [-0.15, -0.1) is 0 Å². The van der Waals surface area contributed by atoms with Gasteiger partial charge in [0.25, 0.3) is 5.91 Å². The van der Waals surface area contributed by atoms with Gasteiger partial charge in [-0.25, -0.2) is 0 Å². The van der Waals surface area contributed by atoms with Crippen LogP contribution in [0.2, 0.25) is 0 Å². The number of amides is 1. The number of rotatable bonds is 5. The van der Waals surface area contributed by atoms with Crippen molar-refractivity contribution in [1.82, 2.24) is 4.57 Å². The van der Waals surface area contributed by atoms with Crippen molar-refractivity contribution in [2.75, 3.05) is 0 Å². The number of hydrogen-bond donors (Lipinski definition) is 2. The minimum atomic E-state index is -0.403. The molecule has 0 fully saturated rings. The number of aromatic hydroxyl groups is 1. The lowest BCUT2D eigenvalue weighted by molar-refractivity contribution is 0.0999. The van der Waals surface area contributed by atoms with Gasteiger partial charge in [-0.1, -0.05) is 55.4 Å². The summed E-state index contributed by atoms with van der Waals surface area (Å²) in [5.41, 5.74) is 10.6. The Balaban J connectivity index is 2.94. The number of primary amides is 1. The zero-order valence-electron chi connectivity index (χ0n) is 19.6. The summed E-state index contributed by atoms with van der Waals surface area (Å²) in [5, 5.41) is 11.1. The fourth-order valence-electron chi connectivity index (χ4n) is 4.14. The summed E-state index contributed by atoms with van der Waals surface area (Å²) in [6, 6.07) is 6.34. The Morgan fingerprint density at radius 1 is 1.00 bits per heavy atom. The van der Waals surface area contributed by atoms with Crippen molar-refractivity contribution in [1.29, 1.82) is 0 Å². The Morgan fingerprint density at radius 3 is 1.79 bits per heavy atom. The van der Waals surface area contributed by atoms with Crippen molar-refractivity contribution in [2.24, 2.45) is 5.73 Å². The number of hydrogen-bond acceptors (Lipinski definition) is 2. The van der Waals surface area contributed by atoms with E-state index in [0.717, 1.165) is 40.9 Å².